The van der Waals surface area contributed by atoms with Crippen molar-refractivity contribution in [3.05, 3.63) is 65.0 Å². The van der Waals surface area contributed by atoms with Gasteiger partial charge in [0.15, 0.2) is 0 Å². The quantitative estimate of drug-likeness (QED) is 0.891. The summed E-state index contributed by atoms with van der Waals surface area (Å²) in [7, 11) is 1.42. The van der Waals surface area contributed by atoms with E-state index in [4.69, 9.17) is 4.74 Å². The molecule has 24 heavy (non-hydrogen) atoms. The summed E-state index contributed by atoms with van der Waals surface area (Å²) >= 11 is 0. The van der Waals surface area contributed by atoms with Crippen LogP contribution < -0.4 is 15.4 Å². The van der Waals surface area contributed by atoms with E-state index in [1.54, 1.807) is 6.07 Å². The molecule has 2 N–H and O–H groups in total. The van der Waals surface area contributed by atoms with Crippen LogP contribution in [0.1, 0.15) is 27.5 Å². The van der Waals surface area contributed by atoms with Gasteiger partial charge in [-0.25, -0.2) is 4.39 Å². The van der Waals surface area contributed by atoms with Crippen molar-refractivity contribution in [3.8, 4) is 5.75 Å². The Morgan fingerprint density at radius 3 is 2.88 bits per heavy atom. The van der Waals surface area contributed by atoms with Gasteiger partial charge in [0.1, 0.15) is 17.1 Å². The smallest absolute Gasteiger partial charge is 0.258 e. The average molecular weight is 351 g/mol. The topological polar surface area (TPSA) is 50.4 Å². The van der Waals surface area contributed by atoms with Crippen LogP contribution in [0.5, 0.6) is 5.75 Å². The molecule has 0 aliphatic carbocycles. The second-order valence-corrected chi connectivity index (χ2v) is 5.48. The summed E-state index contributed by atoms with van der Waals surface area (Å²) in [6.45, 7) is 1.26. The van der Waals surface area contributed by atoms with E-state index >= 15 is 0 Å². The largest absolute Gasteiger partial charge is 0.496 e. The van der Waals surface area contributed by atoms with Gasteiger partial charge >= 0.3 is 0 Å². The minimum atomic E-state index is -0.584. The number of methoxy groups -OCH3 is 1. The van der Waals surface area contributed by atoms with Crippen LogP contribution in [-0.4, -0.2) is 26.1 Å². The summed E-state index contributed by atoms with van der Waals surface area (Å²) in [5.74, 6) is -0.817. The molecule has 0 fully saturated rings. The molecule has 3 rings (SSSR count). The number of ether oxygens (including phenoxy) is 1. The van der Waals surface area contributed by atoms with Gasteiger partial charge < -0.3 is 15.4 Å². The van der Waals surface area contributed by atoms with E-state index in [1.807, 2.05) is 12.1 Å². The number of nitrogens with one attached hydrogen (secondary N) is 2. The van der Waals surface area contributed by atoms with Crippen LogP contribution in [0.2, 0.25) is 0 Å². The SMILES string of the molecule is COc1cccc(F)c1C(=O)NCC1NCCc2ccccc21.Cl. The molecule has 1 heterocycles. The molecule has 1 aliphatic rings. The third kappa shape index (κ3) is 3.68. The van der Waals surface area contributed by atoms with E-state index in [1.165, 1.54) is 30.4 Å². The average Bonchev–Trinajstić information content (AvgIpc) is 2.59. The first-order valence-corrected chi connectivity index (χ1v) is 7.62. The Kier molecular flexibility index (Phi) is 6.17. The number of amides is 1. The lowest BCUT2D eigenvalue weighted by Gasteiger charge is -2.27. The first-order chi connectivity index (χ1) is 11.2. The van der Waals surface area contributed by atoms with Crippen LogP contribution in [0.3, 0.4) is 0 Å². The molecular weight excluding hydrogens is 331 g/mol. The number of fused-ring (bicyclic) bond motifs is 1. The third-order valence-corrected chi connectivity index (χ3v) is 4.10. The van der Waals surface area contributed by atoms with Gasteiger partial charge in [0.05, 0.1) is 7.11 Å². The molecule has 0 radical (unpaired) electrons. The number of hydrogen-bond donors (Lipinski definition) is 2. The van der Waals surface area contributed by atoms with Crippen molar-refractivity contribution >= 4 is 18.3 Å². The molecule has 0 aromatic heterocycles. The number of carbonyl (C=O) groups is 1. The maximum absolute atomic E-state index is 13.9. The van der Waals surface area contributed by atoms with Crippen molar-refractivity contribution in [2.75, 3.05) is 20.2 Å². The Morgan fingerprint density at radius 2 is 2.08 bits per heavy atom. The maximum atomic E-state index is 13.9. The van der Waals surface area contributed by atoms with E-state index in [-0.39, 0.29) is 29.8 Å². The van der Waals surface area contributed by atoms with Crippen LogP contribution in [-0.2, 0) is 6.42 Å². The van der Waals surface area contributed by atoms with Crippen LogP contribution in [0.25, 0.3) is 0 Å². The van der Waals surface area contributed by atoms with E-state index in [0.29, 0.717) is 6.54 Å². The maximum Gasteiger partial charge on any atom is 0.258 e. The van der Waals surface area contributed by atoms with Gasteiger partial charge in [-0.1, -0.05) is 30.3 Å². The predicted molar refractivity (Wildman–Crippen MR) is 93.4 cm³/mol. The molecule has 1 atom stereocenters. The van der Waals surface area contributed by atoms with E-state index in [2.05, 4.69) is 22.8 Å². The molecule has 0 saturated carbocycles. The zero-order valence-electron chi connectivity index (χ0n) is 13.3. The lowest BCUT2D eigenvalue weighted by atomic mass is 9.94. The molecule has 0 spiro atoms. The highest BCUT2D eigenvalue weighted by Crippen LogP contribution is 2.23. The fraction of sp³-hybridized carbons (Fsp3) is 0.278. The molecule has 2 aromatic rings. The Labute approximate surface area is 146 Å². The van der Waals surface area contributed by atoms with E-state index in [9.17, 15) is 9.18 Å². The van der Waals surface area contributed by atoms with Gasteiger partial charge in [0.2, 0.25) is 0 Å². The minimum Gasteiger partial charge on any atom is -0.496 e. The minimum absolute atomic E-state index is 0. The molecule has 6 heteroatoms. The first kappa shape index (κ1) is 18.2. The van der Waals surface area contributed by atoms with Gasteiger partial charge in [-0.05, 0) is 36.2 Å². The fourth-order valence-corrected chi connectivity index (χ4v) is 2.95. The Balaban J connectivity index is 0.00000208. The number of rotatable bonds is 4. The molecule has 0 saturated heterocycles. The molecule has 4 nitrogen and oxygen atoms in total. The highest BCUT2D eigenvalue weighted by Gasteiger charge is 2.22. The Bertz CT molecular complexity index is 724. The van der Waals surface area contributed by atoms with E-state index in [0.717, 1.165) is 13.0 Å². The van der Waals surface area contributed by atoms with Crippen LogP contribution >= 0.6 is 12.4 Å². The summed E-state index contributed by atoms with van der Waals surface area (Å²) in [6.07, 6.45) is 0.974. The van der Waals surface area contributed by atoms with E-state index < -0.39 is 11.7 Å². The highest BCUT2D eigenvalue weighted by molar-refractivity contribution is 5.97. The van der Waals surface area contributed by atoms with Crippen molar-refractivity contribution in [1.29, 1.82) is 0 Å². The summed E-state index contributed by atoms with van der Waals surface area (Å²) < 4.78 is 19.0. The summed E-state index contributed by atoms with van der Waals surface area (Å²) in [6, 6.07) is 12.5. The van der Waals surface area contributed by atoms with Crippen molar-refractivity contribution in [1.82, 2.24) is 10.6 Å². The zero-order chi connectivity index (χ0) is 16.2. The number of carbonyl (C=O) groups excluding carboxylic acids is 1. The molecule has 0 bridgehead atoms. The van der Waals surface area contributed by atoms with Crippen molar-refractivity contribution in [2.24, 2.45) is 0 Å². The number of benzene rings is 2. The molecule has 1 amide bonds. The molecule has 1 unspecified atom stereocenters. The van der Waals surface area contributed by atoms with Gasteiger partial charge in [0.25, 0.3) is 5.91 Å². The first-order valence-electron chi connectivity index (χ1n) is 7.62. The van der Waals surface area contributed by atoms with Gasteiger partial charge in [-0.15, -0.1) is 12.4 Å². The zero-order valence-corrected chi connectivity index (χ0v) is 14.2. The standard InChI is InChI=1S/C18H19FN2O2.ClH/c1-23-16-8-4-7-14(19)17(16)18(22)21-11-15-13-6-3-2-5-12(13)9-10-20-15;/h2-8,15,20H,9-11H2,1H3,(H,21,22);1H. The lowest BCUT2D eigenvalue weighted by Crippen LogP contribution is -2.39. The fourth-order valence-electron chi connectivity index (χ4n) is 2.95. The Morgan fingerprint density at radius 1 is 1.29 bits per heavy atom. The monoisotopic (exact) mass is 350 g/mol. The lowest BCUT2D eigenvalue weighted by molar-refractivity contribution is 0.0941. The molecule has 2 aromatic carbocycles. The highest BCUT2D eigenvalue weighted by atomic mass is 35.5. The summed E-state index contributed by atoms with van der Waals surface area (Å²) in [5, 5.41) is 6.19. The summed E-state index contributed by atoms with van der Waals surface area (Å²) in [4.78, 5) is 12.3. The third-order valence-electron chi connectivity index (χ3n) is 4.10. The second-order valence-electron chi connectivity index (χ2n) is 5.48. The molecular formula is C18H20ClFN2O2. The van der Waals surface area contributed by atoms with Gasteiger partial charge in [-0.3, -0.25) is 4.79 Å². The van der Waals surface area contributed by atoms with Crippen LogP contribution in [0, 0.1) is 5.82 Å². The molecule has 1 aliphatic heterocycles. The molecule has 128 valence electrons. The number of halogens is 2. The van der Waals surface area contributed by atoms with Crippen molar-refractivity contribution < 1.29 is 13.9 Å². The van der Waals surface area contributed by atoms with Gasteiger partial charge in [0, 0.05) is 12.6 Å². The summed E-state index contributed by atoms with van der Waals surface area (Å²) in [5.41, 5.74) is 2.41. The van der Waals surface area contributed by atoms with Crippen molar-refractivity contribution in [2.45, 2.75) is 12.5 Å². The van der Waals surface area contributed by atoms with Crippen molar-refractivity contribution in [3.63, 3.8) is 0 Å². The van der Waals surface area contributed by atoms with Crippen LogP contribution in [0.15, 0.2) is 42.5 Å². The normalized spacial score (nSPS) is 15.8. The number of hydrogen-bond acceptors (Lipinski definition) is 3. The van der Waals surface area contributed by atoms with Crippen LogP contribution in [0.4, 0.5) is 4.39 Å². The second kappa shape index (κ2) is 8.13. The Hall–Kier alpha value is -2.11. The van der Waals surface area contributed by atoms with Gasteiger partial charge in [-0.2, -0.15) is 0 Å². The predicted octanol–water partition coefficient (Wildman–Crippen LogP) is 2.87.